The summed E-state index contributed by atoms with van der Waals surface area (Å²) in [5, 5.41) is 15.5. The first-order valence-electron chi connectivity index (χ1n) is 7.05. The van der Waals surface area contributed by atoms with Crippen molar-refractivity contribution in [2.75, 3.05) is 10.6 Å². The third-order valence-electron chi connectivity index (χ3n) is 3.98. The number of nitrogens with one attached hydrogen (secondary N) is 2. The number of amides is 2. The largest absolute Gasteiger partial charge is 0.506 e. The molecule has 0 spiro atoms. The maximum absolute atomic E-state index is 12.3. The average Bonchev–Trinajstić information content (AvgIpc) is 2.72. The normalized spacial score (nSPS) is 15.0. The van der Waals surface area contributed by atoms with Gasteiger partial charge in [-0.25, -0.2) is 0 Å². The summed E-state index contributed by atoms with van der Waals surface area (Å²) in [7, 11) is 0. The monoisotopic (exact) mass is 330 g/mol. The minimum Gasteiger partial charge on any atom is -0.506 e. The molecule has 1 heterocycles. The predicted molar refractivity (Wildman–Crippen MR) is 89.2 cm³/mol. The summed E-state index contributed by atoms with van der Waals surface area (Å²) >= 11 is 5.86. The van der Waals surface area contributed by atoms with Crippen LogP contribution in [0.2, 0.25) is 5.02 Å². The fourth-order valence-electron chi connectivity index (χ4n) is 2.54. The second kappa shape index (κ2) is 5.28. The van der Waals surface area contributed by atoms with E-state index in [0.717, 1.165) is 5.56 Å². The molecule has 2 aromatic carbocycles. The molecule has 6 heteroatoms. The highest BCUT2D eigenvalue weighted by Crippen LogP contribution is 2.37. The summed E-state index contributed by atoms with van der Waals surface area (Å²) in [4.78, 5) is 24.3. The predicted octanol–water partition coefficient (Wildman–Crippen LogP) is 3.53. The van der Waals surface area contributed by atoms with Crippen LogP contribution in [0.1, 0.15) is 29.8 Å². The van der Waals surface area contributed by atoms with Gasteiger partial charge in [-0.15, -0.1) is 0 Å². The summed E-state index contributed by atoms with van der Waals surface area (Å²) in [6.07, 6.45) is 0. The Morgan fingerprint density at radius 1 is 1.22 bits per heavy atom. The molecule has 5 nitrogen and oxygen atoms in total. The molecule has 0 radical (unpaired) electrons. The number of rotatable bonds is 2. The lowest BCUT2D eigenvalue weighted by Crippen LogP contribution is -2.26. The number of phenols is 1. The van der Waals surface area contributed by atoms with Gasteiger partial charge in [-0.2, -0.15) is 0 Å². The molecule has 0 aliphatic carbocycles. The Balaban J connectivity index is 1.89. The molecule has 23 heavy (non-hydrogen) atoms. The summed E-state index contributed by atoms with van der Waals surface area (Å²) in [5.74, 6) is -0.569. The van der Waals surface area contributed by atoms with Crippen LogP contribution in [0.4, 0.5) is 11.4 Å². The van der Waals surface area contributed by atoms with Crippen LogP contribution in [0.3, 0.4) is 0 Å². The molecular formula is C17H15ClN2O3. The zero-order valence-electron chi connectivity index (χ0n) is 12.6. The first kappa shape index (κ1) is 15.4. The fraction of sp³-hybridized carbons (Fsp3) is 0.176. The van der Waals surface area contributed by atoms with Crippen LogP contribution in [0.15, 0.2) is 36.4 Å². The molecule has 0 unspecified atom stereocenters. The Kier molecular flexibility index (Phi) is 3.53. The van der Waals surface area contributed by atoms with Crippen LogP contribution in [0.25, 0.3) is 0 Å². The molecule has 0 bridgehead atoms. The Labute approximate surface area is 138 Å². The zero-order valence-corrected chi connectivity index (χ0v) is 13.4. The topological polar surface area (TPSA) is 78.4 Å². The molecule has 0 aromatic heterocycles. The van der Waals surface area contributed by atoms with Crippen molar-refractivity contribution in [3.05, 3.63) is 52.5 Å². The number of carbonyl (C=O) groups is 2. The second-order valence-corrected chi connectivity index (χ2v) is 6.39. The number of benzene rings is 2. The van der Waals surface area contributed by atoms with Crippen LogP contribution in [0, 0.1) is 0 Å². The fourth-order valence-corrected chi connectivity index (χ4v) is 2.71. The van der Waals surface area contributed by atoms with Gasteiger partial charge in [0.1, 0.15) is 5.75 Å². The lowest BCUT2D eigenvalue weighted by Gasteiger charge is -2.15. The number of fused-ring (bicyclic) bond motifs is 1. The van der Waals surface area contributed by atoms with Gasteiger partial charge in [-0.3, -0.25) is 9.59 Å². The van der Waals surface area contributed by atoms with Crippen molar-refractivity contribution in [3.63, 3.8) is 0 Å². The van der Waals surface area contributed by atoms with E-state index in [1.165, 1.54) is 18.2 Å². The minimum absolute atomic E-state index is 0.0710. The van der Waals surface area contributed by atoms with Gasteiger partial charge in [-0.1, -0.05) is 17.7 Å². The van der Waals surface area contributed by atoms with E-state index in [-0.39, 0.29) is 17.3 Å². The second-order valence-electron chi connectivity index (χ2n) is 5.96. The number of aromatic hydroxyl groups is 1. The van der Waals surface area contributed by atoms with E-state index in [2.05, 4.69) is 10.6 Å². The molecule has 1 aliphatic rings. The Bertz CT molecular complexity index is 831. The Morgan fingerprint density at radius 3 is 2.70 bits per heavy atom. The third-order valence-corrected chi connectivity index (χ3v) is 4.21. The maximum Gasteiger partial charge on any atom is 0.255 e. The van der Waals surface area contributed by atoms with Gasteiger partial charge in [0.05, 0.1) is 11.1 Å². The van der Waals surface area contributed by atoms with Gasteiger partial charge >= 0.3 is 0 Å². The van der Waals surface area contributed by atoms with E-state index in [9.17, 15) is 14.7 Å². The van der Waals surface area contributed by atoms with Crippen molar-refractivity contribution < 1.29 is 14.7 Å². The molecule has 118 valence electrons. The minimum atomic E-state index is -0.616. The number of hydrogen-bond acceptors (Lipinski definition) is 3. The molecular weight excluding hydrogens is 316 g/mol. The average molecular weight is 331 g/mol. The lowest BCUT2D eigenvalue weighted by molar-refractivity contribution is -0.119. The smallest absolute Gasteiger partial charge is 0.255 e. The molecule has 0 fully saturated rings. The van der Waals surface area contributed by atoms with Crippen LogP contribution in [0.5, 0.6) is 5.75 Å². The van der Waals surface area contributed by atoms with E-state index >= 15 is 0 Å². The molecule has 2 amide bonds. The molecule has 0 saturated heterocycles. The highest BCUT2D eigenvalue weighted by atomic mass is 35.5. The maximum atomic E-state index is 12.3. The molecule has 3 N–H and O–H groups in total. The molecule has 3 rings (SSSR count). The van der Waals surface area contributed by atoms with Crippen molar-refractivity contribution in [1.29, 1.82) is 0 Å². The number of carbonyl (C=O) groups excluding carboxylic acids is 2. The molecule has 0 saturated carbocycles. The van der Waals surface area contributed by atoms with Crippen molar-refractivity contribution in [2.24, 2.45) is 0 Å². The van der Waals surface area contributed by atoms with E-state index in [1.54, 1.807) is 18.2 Å². The SMILES string of the molecule is CC1(C)C(=O)Nc2cc(C(=O)Nc3cc(Cl)ccc3O)ccc21. The van der Waals surface area contributed by atoms with Gasteiger partial charge in [0.15, 0.2) is 0 Å². The van der Waals surface area contributed by atoms with Crippen molar-refractivity contribution in [2.45, 2.75) is 19.3 Å². The van der Waals surface area contributed by atoms with Crippen LogP contribution < -0.4 is 10.6 Å². The number of phenolic OH excluding ortho intramolecular Hbond substituents is 1. The molecule has 1 aliphatic heterocycles. The number of anilines is 2. The number of hydrogen-bond donors (Lipinski definition) is 3. The number of halogens is 1. The molecule has 2 aromatic rings. The van der Waals surface area contributed by atoms with E-state index in [1.807, 2.05) is 13.8 Å². The third kappa shape index (κ3) is 2.64. The van der Waals surface area contributed by atoms with Crippen molar-refractivity contribution in [1.82, 2.24) is 0 Å². The van der Waals surface area contributed by atoms with Gasteiger partial charge in [0, 0.05) is 16.3 Å². The highest BCUT2D eigenvalue weighted by Gasteiger charge is 2.38. The van der Waals surface area contributed by atoms with Gasteiger partial charge in [-0.05, 0) is 49.7 Å². The summed E-state index contributed by atoms with van der Waals surface area (Å²) in [6.45, 7) is 3.66. The summed E-state index contributed by atoms with van der Waals surface area (Å²) < 4.78 is 0. The first-order chi connectivity index (χ1) is 10.8. The summed E-state index contributed by atoms with van der Waals surface area (Å²) in [5.41, 5.74) is 1.47. The van der Waals surface area contributed by atoms with Crippen LogP contribution >= 0.6 is 11.6 Å². The van der Waals surface area contributed by atoms with Gasteiger partial charge < -0.3 is 15.7 Å². The van der Waals surface area contributed by atoms with Crippen molar-refractivity contribution >= 4 is 34.8 Å². The van der Waals surface area contributed by atoms with E-state index in [4.69, 9.17) is 11.6 Å². The van der Waals surface area contributed by atoms with Gasteiger partial charge in [0.25, 0.3) is 5.91 Å². The van der Waals surface area contributed by atoms with E-state index in [0.29, 0.717) is 16.3 Å². The Hall–Kier alpha value is -2.53. The quantitative estimate of drug-likeness (QED) is 0.737. The summed E-state index contributed by atoms with van der Waals surface area (Å²) in [6, 6.07) is 9.44. The highest BCUT2D eigenvalue weighted by molar-refractivity contribution is 6.31. The van der Waals surface area contributed by atoms with Crippen molar-refractivity contribution in [3.8, 4) is 5.75 Å². The molecule has 0 atom stereocenters. The first-order valence-corrected chi connectivity index (χ1v) is 7.42. The van der Waals surface area contributed by atoms with Gasteiger partial charge in [0.2, 0.25) is 5.91 Å². The van der Waals surface area contributed by atoms with Crippen LogP contribution in [-0.2, 0) is 10.2 Å². The Morgan fingerprint density at radius 2 is 1.96 bits per heavy atom. The zero-order chi connectivity index (χ0) is 16.8. The van der Waals surface area contributed by atoms with E-state index < -0.39 is 11.3 Å². The van der Waals surface area contributed by atoms with Crippen LogP contribution in [-0.4, -0.2) is 16.9 Å². The lowest BCUT2D eigenvalue weighted by atomic mass is 9.86. The standard InChI is InChI=1S/C17H15ClN2O3/c1-17(2)11-5-3-9(7-12(11)20-16(17)23)15(22)19-13-8-10(18)4-6-14(13)21/h3-8,21H,1-2H3,(H,19,22)(H,20,23).